The zero-order valence-corrected chi connectivity index (χ0v) is 32.4. The van der Waals surface area contributed by atoms with Gasteiger partial charge in [-0.15, -0.1) is 0 Å². The Balaban J connectivity index is 1.42. The fourth-order valence-electron chi connectivity index (χ4n) is 4.87. The zero-order chi connectivity index (χ0) is 36.8. The lowest BCUT2D eigenvalue weighted by Gasteiger charge is -2.23. The molecule has 4 aromatic rings. The van der Waals surface area contributed by atoms with Crippen LogP contribution in [0.5, 0.6) is 5.75 Å². The molecule has 2 N–H and O–H groups in total. The van der Waals surface area contributed by atoms with Crippen molar-refractivity contribution in [2.24, 2.45) is 0 Å². The number of esters is 1. The highest BCUT2D eigenvalue weighted by Gasteiger charge is 2.30. The fourth-order valence-corrected chi connectivity index (χ4v) is 8.79. The van der Waals surface area contributed by atoms with E-state index in [1.54, 1.807) is 49.6 Å². The number of rotatable bonds is 19. The second kappa shape index (κ2) is 19.9. The van der Waals surface area contributed by atoms with Crippen molar-refractivity contribution in [3.8, 4) is 5.75 Å². The maximum atomic E-state index is 13.9. The molecule has 0 radical (unpaired) electrons. The summed E-state index contributed by atoms with van der Waals surface area (Å²) >= 11 is 14.1. The molecule has 2 atom stereocenters. The molecular weight excluding hydrogens is 732 g/mol. The van der Waals surface area contributed by atoms with Crippen molar-refractivity contribution in [3.63, 3.8) is 0 Å². The maximum absolute atomic E-state index is 13.9. The molecule has 51 heavy (non-hydrogen) atoms. The van der Waals surface area contributed by atoms with Crippen LogP contribution in [0.1, 0.15) is 70.0 Å². The van der Waals surface area contributed by atoms with E-state index in [0.717, 1.165) is 34.0 Å². The number of nitrogens with zero attached hydrogens (tertiary/aromatic N) is 3. The number of hydrogen-bond donors (Lipinski definition) is 2. The Bertz CT molecular complexity index is 1760. The van der Waals surface area contributed by atoms with Crippen molar-refractivity contribution < 1.29 is 28.2 Å². The average Bonchev–Trinajstić information content (AvgIpc) is 3.42. The van der Waals surface area contributed by atoms with Crippen molar-refractivity contribution in [2.75, 3.05) is 19.3 Å². The van der Waals surface area contributed by atoms with E-state index in [0.29, 0.717) is 28.2 Å². The van der Waals surface area contributed by atoms with Gasteiger partial charge in [-0.1, -0.05) is 80.4 Å². The Labute approximate surface area is 313 Å². The molecule has 0 fully saturated rings. The average molecular weight is 777 g/mol. The normalized spacial score (nSPS) is 13.0. The molecule has 11 nitrogen and oxygen atoms in total. The van der Waals surface area contributed by atoms with Gasteiger partial charge in [0.15, 0.2) is 6.61 Å². The summed E-state index contributed by atoms with van der Waals surface area (Å²) in [4.78, 5) is 35.3. The summed E-state index contributed by atoms with van der Waals surface area (Å²) in [6, 6.07) is 17.1. The first-order chi connectivity index (χ1) is 24.5. The van der Waals surface area contributed by atoms with Crippen molar-refractivity contribution in [2.45, 2.75) is 82.0 Å². The number of ether oxygens (including phenoxy) is 2. The van der Waals surface area contributed by atoms with Gasteiger partial charge in [0.05, 0.1) is 25.0 Å². The van der Waals surface area contributed by atoms with Gasteiger partial charge in [0.25, 0.3) is 0 Å². The first-order valence-corrected chi connectivity index (χ1v) is 20.2. The molecule has 2 heterocycles. The van der Waals surface area contributed by atoms with Crippen LogP contribution in [-0.2, 0) is 32.0 Å². The summed E-state index contributed by atoms with van der Waals surface area (Å²) in [6.45, 7) is 8.50. The predicted octanol–water partition coefficient (Wildman–Crippen LogP) is 9.12. The third-order valence-corrected chi connectivity index (χ3v) is 11.1. The van der Waals surface area contributed by atoms with Gasteiger partial charge in [-0.3, -0.25) is 14.3 Å². The van der Waals surface area contributed by atoms with E-state index in [2.05, 4.69) is 29.2 Å². The van der Waals surface area contributed by atoms with Gasteiger partial charge in [-0.05, 0) is 73.7 Å². The topological polar surface area (TPSA) is 134 Å². The standard InChI is InChI=1S/C36H44Cl2N5O6PS/c1-5-6-18-47-35(44)26(4)42-50(46,49-30-11-8-7-9-12-30)19-10-15-40-36(45)48-24-32-41-33(25(2)3)34(43(32)23-27-13-16-39-17-14-27)51-31-21-28(37)20-29(38)22-31/h7-9,11-14,16-17,20-22,25-26H,5-6,10,15,18-19,23-24H2,1-4H3,(H,40,45)(H,42,46)/t26-,50?/m0/s1. The number of aromatic nitrogens is 3. The largest absolute Gasteiger partial charge is 0.465 e. The number of para-hydroxylation sites is 1. The second-order valence-corrected chi connectivity index (χ2v) is 16.2. The molecule has 0 aliphatic carbocycles. The summed E-state index contributed by atoms with van der Waals surface area (Å²) in [7, 11) is -3.58. The van der Waals surface area contributed by atoms with E-state index in [1.807, 2.05) is 41.8 Å². The minimum absolute atomic E-state index is 0.0386. The summed E-state index contributed by atoms with van der Waals surface area (Å²) < 4.78 is 32.7. The third-order valence-electron chi connectivity index (χ3n) is 7.43. The number of carbonyl (C=O) groups excluding carboxylic acids is 2. The van der Waals surface area contributed by atoms with Gasteiger partial charge in [0.2, 0.25) is 0 Å². The summed E-state index contributed by atoms with van der Waals surface area (Å²) in [5.74, 6) is 0.511. The first-order valence-electron chi connectivity index (χ1n) is 16.8. The zero-order valence-electron chi connectivity index (χ0n) is 29.1. The Morgan fingerprint density at radius 1 is 0.980 bits per heavy atom. The number of pyridine rings is 1. The van der Waals surface area contributed by atoms with Crippen LogP contribution >= 0.6 is 42.5 Å². The number of halogens is 2. The Kier molecular flexibility index (Phi) is 15.7. The quantitative estimate of drug-likeness (QED) is 0.0540. The number of amides is 1. The van der Waals surface area contributed by atoms with Crippen molar-refractivity contribution in [1.29, 1.82) is 0 Å². The molecule has 0 spiro atoms. The number of nitrogens with one attached hydrogen (secondary N) is 2. The van der Waals surface area contributed by atoms with Crippen LogP contribution in [0.4, 0.5) is 4.79 Å². The summed E-state index contributed by atoms with van der Waals surface area (Å²) in [5, 5.41) is 7.51. The van der Waals surface area contributed by atoms with Gasteiger partial charge >= 0.3 is 19.6 Å². The van der Waals surface area contributed by atoms with Crippen LogP contribution in [0.15, 0.2) is 83.0 Å². The highest BCUT2D eigenvalue weighted by molar-refractivity contribution is 7.99. The first kappa shape index (κ1) is 40.2. The van der Waals surface area contributed by atoms with E-state index in [1.165, 1.54) is 11.8 Å². The van der Waals surface area contributed by atoms with E-state index >= 15 is 0 Å². The molecule has 0 aliphatic rings. The Morgan fingerprint density at radius 2 is 1.69 bits per heavy atom. The van der Waals surface area contributed by atoms with Gasteiger partial charge in [0.1, 0.15) is 22.6 Å². The molecule has 0 aliphatic heterocycles. The smallest absolute Gasteiger partial charge is 0.407 e. The molecule has 0 saturated heterocycles. The van der Waals surface area contributed by atoms with E-state index < -0.39 is 25.6 Å². The summed E-state index contributed by atoms with van der Waals surface area (Å²) in [5.41, 5.74) is 1.84. The minimum Gasteiger partial charge on any atom is -0.465 e. The number of benzene rings is 2. The summed E-state index contributed by atoms with van der Waals surface area (Å²) in [6.07, 6.45) is 4.73. The van der Waals surface area contributed by atoms with Crippen LogP contribution in [0.3, 0.4) is 0 Å². The van der Waals surface area contributed by atoms with E-state index in [4.69, 9.17) is 42.2 Å². The minimum atomic E-state index is -3.58. The van der Waals surface area contributed by atoms with Crippen molar-refractivity contribution in [3.05, 3.63) is 100 Å². The van der Waals surface area contributed by atoms with E-state index in [9.17, 15) is 14.2 Å². The van der Waals surface area contributed by atoms with E-state index in [-0.39, 0.29) is 38.3 Å². The Hall–Kier alpha value is -3.54. The second-order valence-electron chi connectivity index (χ2n) is 12.1. The molecule has 2 aromatic heterocycles. The van der Waals surface area contributed by atoms with Crippen LogP contribution < -0.4 is 14.9 Å². The molecule has 2 aromatic carbocycles. The maximum Gasteiger partial charge on any atom is 0.407 e. The number of unbranched alkanes of at least 4 members (excludes halogenated alkanes) is 1. The SMILES string of the molecule is CCCCOC(=O)[C@H](C)NP(=O)(CCCNC(=O)OCc1nc(C(C)C)c(Sc2cc(Cl)cc(Cl)c2)n1Cc1ccncc1)Oc1ccccc1. The van der Waals surface area contributed by atoms with Crippen LogP contribution in [0.2, 0.25) is 10.0 Å². The fraction of sp³-hybridized carbons (Fsp3) is 0.389. The lowest BCUT2D eigenvalue weighted by molar-refractivity contribution is -0.145. The van der Waals surface area contributed by atoms with Crippen molar-refractivity contribution >= 4 is 54.5 Å². The van der Waals surface area contributed by atoms with Crippen molar-refractivity contribution in [1.82, 2.24) is 24.9 Å². The van der Waals surface area contributed by atoms with Crippen LogP contribution in [0.25, 0.3) is 0 Å². The highest BCUT2D eigenvalue weighted by atomic mass is 35.5. The Morgan fingerprint density at radius 3 is 2.35 bits per heavy atom. The molecule has 4 rings (SSSR count). The molecule has 0 bridgehead atoms. The molecule has 1 unspecified atom stereocenters. The van der Waals surface area contributed by atoms with Gasteiger partial charge in [-0.25, -0.2) is 14.9 Å². The number of hydrogen-bond acceptors (Lipinski definition) is 9. The number of carbonyl (C=O) groups is 2. The molecular formula is C36H44Cl2N5O6PS. The molecule has 274 valence electrons. The highest BCUT2D eigenvalue weighted by Crippen LogP contribution is 2.44. The number of imidazole rings is 1. The monoisotopic (exact) mass is 775 g/mol. The van der Waals surface area contributed by atoms with Gasteiger partial charge in [0, 0.05) is 33.9 Å². The van der Waals surface area contributed by atoms with Gasteiger partial charge < -0.3 is 23.9 Å². The number of alkyl carbamates (subject to hydrolysis) is 1. The third kappa shape index (κ3) is 12.9. The lowest BCUT2D eigenvalue weighted by Crippen LogP contribution is -2.36. The molecule has 1 amide bonds. The lowest BCUT2D eigenvalue weighted by atomic mass is 10.1. The molecule has 15 heteroatoms. The van der Waals surface area contributed by atoms with Crippen LogP contribution in [-0.4, -0.2) is 52.0 Å². The molecule has 0 saturated carbocycles. The van der Waals surface area contributed by atoms with Crippen LogP contribution in [0, 0.1) is 0 Å². The van der Waals surface area contributed by atoms with Gasteiger partial charge in [-0.2, -0.15) is 0 Å². The predicted molar refractivity (Wildman–Crippen MR) is 201 cm³/mol.